The van der Waals surface area contributed by atoms with Crippen LogP contribution in [-0.2, 0) is 24.0 Å². The van der Waals surface area contributed by atoms with Gasteiger partial charge in [0.1, 0.15) is 27.8 Å². The number of carbonyl (C=O) groups is 6. The maximum atomic E-state index is 13.6. The molecule has 2 atom stereocenters. The summed E-state index contributed by atoms with van der Waals surface area (Å²) in [7, 11) is 0. The number of nitrogens with zero attached hydrogens (tertiary/aromatic N) is 7. The molecule has 4 aromatic rings. The second-order valence-electron chi connectivity index (χ2n) is 11.9. The van der Waals surface area contributed by atoms with E-state index >= 15 is 0 Å². The van der Waals surface area contributed by atoms with E-state index in [1.54, 1.807) is 6.07 Å². The third kappa shape index (κ3) is 7.78. The first-order chi connectivity index (χ1) is 26.0. The van der Waals surface area contributed by atoms with E-state index in [4.69, 9.17) is 10.6 Å². The maximum Gasteiger partial charge on any atom is 0.375 e. The number of nitrogens with one attached hydrogen (secondary N) is 3. The minimum Gasteiger partial charge on any atom is -0.504 e. The number of aromatic nitrogens is 5. The highest BCUT2D eigenvalue weighted by Gasteiger charge is 2.54. The number of carboxylic acid groups (broad SMARTS) is 2. The van der Waals surface area contributed by atoms with Crippen molar-refractivity contribution in [1.29, 1.82) is 0 Å². The summed E-state index contributed by atoms with van der Waals surface area (Å²) in [4.78, 5) is 94.5. The van der Waals surface area contributed by atoms with Crippen molar-refractivity contribution in [2.24, 2.45) is 5.16 Å². The molecule has 0 radical (unpaired) electrons. The Balaban J connectivity index is 1.14. The number of β-lactam (4-membered cyclic amide) rings is 1. The number of amides is 4. The number of aromatic carboxylic acids is 1. The lowest BCUT2D eigenvalue weighted by Gasteiger charge is -2.49. The third-order valence-electron chi connectivity index (χ3n) is 7.75. The summed E-state index contributed by atoms with van der Waals surface area (Å²) in [6.45, 7) is 2.54. The molecule has 1 unspecified atom stereocenters. The Kier molecular flexibility index (Phi) is 10.5. The fraction of sp³-hybridized carbons (Fsp3) is 0.233. The lowest BCUT2D eigenvalue weighted by atomic mass is 10.0. The molecule has 55 heavy (non-hydrogen) atoms. The standard InChI is InChI=1S/C30H27N11O11S3/c1-30(2,27(51)37-36-21(44)11-3-4-14(42)15(43)7-11)52-39-17(13-10-55-28(31)33-13)22(45)34-18-23(46)40-19(25(47)48)12(9-54-24(18)40)8-53-16-5-6-32-29-35-20(26(49)50)38-41(16)29/h3-7,10,18,24,42-43H,8-9H2,1-2H3,(H2,31,33)(H,34,45)(H,36,44)(H,37,51)(H,47,48)(H,49,50)/t18?,24-/m0/s1. The molecule has 5 heterocycles. The van der Waals surface area contributed by atoms with Crippen molar-refractivity contribution < 1.29 is 54.0 Å². The highest BCUT2D eigenvalue weighted by Crippen LogP contribution is 2.41. The molecule has 2 aliphatic rings. The van der Waals surface area contributed by atoms with Crippen LogP contribution in [-0.4, -0.2) is 120 Å². The number of oxime groups is 1. The summed E-state index contributed by atoms with van der Waals surface area (Å²) < 4.78 is 1.21. The van der Waals surface area contributed by atoms with Gasteiger partial charge in [-0.1, -0.05) is 5.16 Å². The normalized spacial score (nSPS) is 16.9. The predicted molar refractivity (Wildman–Crippen MR) is 192 cm³/mol. The van der Waals surface area contributed by atoms with Crippen molar-refractivity contribution >= 4 is 87.0 Å². The number of carboxylic acids is 2. The molecular formula is C30H27N11O11S3. The van der Waals surface area contributed by atoms with E-state index in [0.717, 1.165) is 40.1 Å². The second kappa shape index (κ2) is 15.1. The molecule has 2 aliphatic heterocycles. The minimum absolute atomic E-state index is 0.0305. The molecule has 22 nitrogen and oxygen atoms in total. The summed E-state index contributed by atoms with van der Waals surface area (Å²) in [6.07, 6.45) is 1.40. The van der Waals surface area contributed by atoms with E-state index < -0.39 is 75.6 Å². The number of rotatable bonds is 12. The van der Waals surface area contributed by atoms with Gasteiger partial charge in [0.15, 0.2) is 22.3 Å². The zero-order valence-corrected chi connectivity index (χ0v) is 30.6. The van der Waals surface area contributed by atoms with Crippen LogP contribution in [0.25, 0.3) is 5.78 Å². The SMILES string of the molecule is CC(C)(ON=C(C(=O)NC1C(=O)N2C(C(=O)O)=C(CSc3ccnc4nc(C(=O)O)nn34)CS[C@@H]12)c1csc(N)n1)C(=O)NNC(=O)c1ccc(O)c(O)c1. The Morgan fingerprint density at radius 2 is 1.85 bits per heavy atom. The van der Waals surface area contributed by atoms with Crippen molar-refractivity contribution in [3.05, 3.63) is 64.2 Å². The zero-order chi connectivity index (χ0) is 39.8. The van der Waals surface area contributed by atoms with E-state index in [2.05, 4.69) is 41.4 Å². The number of phenolic OH excluding ortho intramolecular Hbond substituents is 2. The Morgan fingerprint density at radius 3 is 2.53 bits per heavy atom. The first-order valence-corrected chi connectivity index (χ1v) is 18.4. The number of thiazole rings is 1. The first-order valence-electron chi connectivity index (χ1n) is 15.4. The minimum atomic E-state index is -1.83. The van der Waals surface area contributed by atoms with Gasteiger partial charge in [0.05, 0.1) is 0 Å². The van der Waals surface area contributed by atoms with Crippen molar-refractivity contribution in [3.8, 4) is 11.5 Å². The van der Waals surface area contributed by atoms with E-state index in [1.807, 2.05) is 0 Å². The summed E-state index contributed by atoms with van der Waals surface area (Å²) in [5.41, 5.74) is 7.69. The number of anilines is 1. The molecule has 0 spiro atoms. The van der Waals surface area contributed by atoms with Crippen LogP contribution in [0.4, 0.5) is 5.13 Å². The molecule has 286 valence electrons. The van der Waals surface area contributed by atoms with Gasteiger partial charge in [0, 0.05) is 28.6 Å². The van der Waals surface area contributed by atoms with Gasteiger partial charge in [-0.15, -0.1) is 40.0 Å². The van der Waals surface area contributed by atoms with Crippen molar-refractivity contribution in [1.82, 2.24) is 45.6 Å². The predicted octanol–water partition coefficient (Wildman–Crippen LogP) is -0.236. The van der Waals surface area contributed by atoms with Gasteiger partial charge in [-0.05, 0) is 43.7 Å². The molecule has 1 aromatic carbocycles. The molecule has 0 bridgehead atoms. The molecule has 3 aromatic heterocycles. The van der Waals surface area contributed by atoms with E-state index in [1.165, 1.54) is 47.8 Å². The molecule has 25 heteroatoms. The maximum absolute atomic E-state index is 13.6. The number of fused-ring (bicyclic) bond motifs is 2. The van der Waals surface area contributed by atoms with Crippen LogP contribution in [0.3, 0.4) is 0 Å². The van der Waals surface area contributed by atoms with Crippen molar-refractivity contribution in [2.45, 2.75) is 35.9 Å². The van der Waals surface area contributed by atoms with Crippen LogP contribution < -0.4 is 21.9 Å². The number of thioether (sulfide) groups is 2. The monoisotopic (exact) mass is 813 g/mol. The number of hydrogen-bond acceptors (Lipinski definition) is 18. The largest absolute Gasteiger partial charge is 0.504 e. The molecule has 1 saturated heterocycles. The van der Waals surface area contributed by atoms with Crippen LogP contribution in [0, 0.1) is 0 Å². The summed E-state index contributed by atoms with van der Waals surface area (Å²) in [5, 5.41) is 49.8. The molecule has 0 aliphatic carbocycles. The summed E-state index contributed by atoms with van der Waals surface area (Å²) >= 11 is 3.30. The average molecular weight is 814 g/mol. The Labute approximate surface area is 319 Å². The molecule has 1 fully saturated rings. The average Bonchev–Trinajstić information content (AvgIpc) is 3.79. The number of nitrogen functional groups attached to an aromatic ring is 1. The smallest absolute Gasteiger partial charge is 0.375 e. The van der Waals surface area contributed by atoms with Gasteiger partial charge in [-0.25, -0.2) is 19.6 Å². The van der Waals surface area contributed by atoms with Gasteiger partial charge in [-0.3, -0.25) is 34.9 Å². The van der Waals surface area contributed by atoms with E-state index in [0.29, 0.717) is 10.6 Å². The van der Waals surface area contributed by atoms with Gasteiger partial charge >= 0.3 is 11.9 Å². The van der Waals surface area contributed by atoms with Crippen LogP contribution in [0.15, 0.2) is 57.3 Å². The van der Waals surface area contributed by atoms with Gasteiger partial charge in [0.2, 0.25) is 5.60 Å². The Hall–Kier alpha value is -6.47. The van der Waals surface area contributed by atoms with Crippen LogP contribution in [0.5, 0.6) is 11.5 Å². The lowest BCUT2D eigenvalue weighted by molar-refractivity contribution is -0.150. The fourth-order valence-corrected chi connectivity index (χ4v) is 7.93. The van der Waals surface area contributed by atoms with E-state index in [9.17, 15) is 49.2 Å². The summed E-state index contributed by atoms with van der Waals surface area (Å²) in [5.74, 6) is -7.39. The Morgan fingerprint density at radius 1 is 1.09 bits per heavy atom. The van der Waals surface area contributed by atoms with Crippen LogP contribution in [0.2, 0.25) is 0 Å². The van der Waals surface area contributed by atoms with Crippen LogP contribution in [0.1, 0.15) is 40.5 Å². The lowest BCUT2D eigenvalue weighted by Crippen LogP contribution is -2.71. The number of nitrogens with two attached hydrogens (primary N) is 1. The Bertz CT molecular complexity index is 2340. The highest BCUT2D eigenvalue weighted by molar-refractivity contribution is 8.01. The molecule has 4 amide bonds. The molecule has 9 N–H and O–H groups in total. The molecule has 0 saturated carbocycles. The topological polar surface area (TPSA) is 326 Å². The van der Waals surface area contributed by atoms with E-state index in [-0.39, 0.29) is 39.4 Å². The number of aromatic hydroxyl groups is 2. The number of carbonyl (C=O) groups excluding carboxylic acids is 4. The van der Waals surface area contributed by atoms with Gasteiger partial charge in [-0.2, -0.15) is 9.50 Å². The number of hydrogen-bond donors (Lipinski definition) is 8. The summed E-state index contributed by atoms with van der Waals surface area (Å²) in [6, 6.07) is 3.61. The highest BCUT2D eigenvalue weighted by atomic mass is 32.2. The number of aliphatic carboxylic acids is 1. The number of phenols is 2. The second-order valence-corrected chi connectivity index (χ2v) is 14.9. The van der Waals surface area contributed by atoms with Crippen molar-refractivity contribution in [2.75, 3.05) is 17.2 Å². The van der Waals surface area contributed by atoms with Gasteiger partial charge in [0.25, 0.3) is 35.2 Å². The molecule has 6 rings (SSSR count). The zero-order valence-electron chi connectivity index (χ0n) is 28.1. The molecular weight excluding hydrogens is 787 g/mol. The third-order valence-corrected chi connectivity index (χ3v) is 10.9. The van der Waals surface area contributed by atoms with Gasteiger partial charge < -0.3 is 36.3 Å². The van der Waals surface area contributed by atoms with Crippen molar-refractivity contribution in [3.63, 3.8) is 0 Å². The number of benzene rings is 1. The van der Waals surface area contributed by atoms with Crippen LogP contribution >= 0.6 is 34.9 Å². The fourth-order valence-electron chi connectivity index (χ4n) is 4.94. The first kappa shape index (κ1) is 38.3. The quantitative estimate of drug-likeness (QED) is 0.0229. The number of hydrazine groups is 1.